The van der Waals surface area contributed by atoms with Crippen molar-refractivity contribution in [2.24, 2.45) is 0 Å². The van der Waals surface area contributed by atoms with Gasteiger partial charge in [0.05, 0.1) is 14.2 Å². The van der Waals surface area contributed by atoms with Gasteiger partial charge in [-0.2, -0.15) is 10.1 Å². The van der Waals surface area contributed by atoms with Crippen LogP contribution in [0.3, 0.4) is 0 Å². The molecule has 1 unspecified atom stereocenters. The fourth-order valence-electron chi connectivity index (χ4n) is 3.11. The van der Waals surface area contributed by atoms with Gasteiger partial charge in [-0.15, -0.1) is 0 Å². The van der Waals surface area contributed by atoms with Gasteiger partial charge in [0.25, 0.3) is 0 Å². The molecule has 6 nitrogen and oxygen atoms in total. The molecule has 2 heterocycles. The zero-order valence-corrected chi connectivity index (χ0v) is 14.9. The molecule has 0 radical (unpaired) electrons. The van der Waals surface area contributed by atoms with Crippen LogP contribution in [0, 0.1) is 6.92 Å². The highest BCUT2D eigenvalue weighted by Crippen LogP contribution is 2.36. The molecule has 1 aliphatic rings. The molecule has 3 aromatic rings. The highest BCUT2D eigenvalue weighted by Gasteiger charge is 2.24. The zero-order chi connectivity index (χ0) is 18.1. The lowest BCUT2D eigenvalue weighted by atomic mass is 10.0. The van der Waals surface area contributed by atoms with Crippen LogP contribution in [0.15, 0.2) is 54.9 Å². The number of hydrogen-bond donors (Lipinski definition) is 1. The van der Waals surface area contributed by atoms with Crippen molar-refractivity contribution in [2.45, 2.75) is 13.0 Å². The first-order valence-corrected chi connectivity index (χ1v) is 8.37. The fourth-order valence-corrected chi connectivity index (χ4v) is 3.11. The summed E-state index contributed by atoms with van der Waals surface area (Å²) in [6, 6.07) is 14.2. The lowest BCUT2D eigenvalue weighted by Crippen LogP contribution is -2.20. The zero-order valence-electron chi connectivity index (χ0n) is 14.9. The van der Waals surface area contributed by atoms with E-state index < -0.39 is 0 Å². The van der Waals surface area contributed by atoms with Crippen LogP contribution in [0.4, 0.5) is 5.95 Å². The Morgan fingerprint density at radius 2 is 1.77 bits per heavy atom. The number of methoxy groups -OCH3 is 2. The molecule has 1 N–H and O–H groups in total. The van der Waals surface area contributed by atoms with Crippen LogP contribution < -0.4 is 14.8 Å². The van der Waals surface area contributed by atoms with Crippen molar-refractivity contribution in [3.63, 3.8) is 0 Å². The van der Waals surface area contributed by atoms with E-state index in [0.717, 1.165) is 16.8 Å². The Kier molecular flexibility index (Phi) is 4.08. The maximum absolute atomic E-state index is 5.46. The van der Waals surface area contributed by atoms with Crippen LogP contribution in [-0.2, 0) is 0 Å². The van der Waals surface area contributed by atoms with Gasteiger partial charge in [-0.1, -0.05) is 35.9 Å². The third-order valence-corrected chi connectivity index (χ3v) is 4.52. The molecule has 4 rings (SSSR count). The normalized spacial score (nSPS) is 15.7. The Morgan fingerprint density at radius 3 is 2.50 bits per heavy atom. The molecule has 0 bridgehead atoms. The summed E-state index contributed by atoms with van der Waals surface area (Å²) in [4.78, 5) is 4.35. The number of benzene rings is 2. The molecule has 26 heavy (non-hydrogen) atoms. The predicted octanol–water partition coefficient (Wildman–Crippen LogP) is 3.66. The Hall–Kier alpha value is -3.28. The molecule has 0 amide bonds. The molecule has 1 atom stereocenters. The second-order valence-electron chi connectivity index (χ2n) is 6.16. The number of fused-ring (bicyclic) bond motifs is 1. The molecule has 0 saturated heterocycles. The van der Waals surface area contributed by atoms with Gasteiger partial charge in [0.15, 0.2) is 11.5 Å². The average Bonchev–Trinajstić information content (AvgIpc) is 3.16. The first-order valence-electron chi connectivity index (χ1n) is 8.37. The molecule has 2 aromatic carbocycles. The monoisotopic (exact) mass is 348 g/mol. The fraction of sp³-hybridized carbons (Fsp3) is 0.200. The van der Waals surface area contributed by atoms with E-state index in [1.165, 1.54) is 5.56 Å². The number of allylic oxidation sites excluding steroid dienone is 1. The number of nitrogens with one attached hydrogen (secondary N) is 1. The van der Waals surface area contributed by atoms with Crippen LogP contribution in [0.25, 0.3) is 5.70 Å². The maximum Gasteiger partial charge on any atom is 0.226 e. The van der Waals surface area contributed by atoms with Gasteiger partial charge in [-0.3, -0.25) is 0 Å². The molecule has 6 heteroatoms. The van der Waals surface area contributed by atoms with Crippen molar-refractivity contribution >= 4 is 11.6 Å². The number of aromatic nitrogens is 3. The van der Waals surface area contributed by atoms with Crippen LogP contribution in [0.5, 0.6) is 11.5 Å². The van der Waals surface area contributed by atoms with Crippen molar-refractivity contribution in [3.8, 4) is 11.5 Å². The number of aryl methyl sites for hydroxylation is 1. The first-order chi connectivity index (χ1) is 12.7. The molecule has 1 aromatic heterocycles. The smallest absolute Gasteiger partial charge is 0.226 e. The second kappa shape index (κ2) is 6.55. The second-order valence-corrected chi connectivity index (χ2v) is 6.16. The van der Waals surface area contributed by atoms with Crippen LogP contribution >= 0.6 is 0 Å². The molecule has 1 aliphatic heterocycles. The van der Waals surface area contributed by atoms with Crippen molar-refractivity contribution in [2.75, 3.05) is 19.5 Å². The van der Waals surface area contributed by atoms with Crippen molar-refractivity contribution < 1.29 is 9.47 Å². The van der Waals surface area contributed by atoms with E-state index in [9.17, 15) is 0 Å². The van der Waals surface area contributed by atoms with E-state index in [1.807, 2.05) is 22.9 Å². The standard InChI is InChI=1S/C20H20N4O2/c1-13-4-6-14(7-5-13)16-11-17(24-20(23-16)21-12-22-24)15-8-9-18(25-2)19(10-15)26-3/h4-12,17H,1-3H3,(H,21,22,23). The average molecular weight is 348 g/mol. The third kappa shape index (κ3) is 2.79. The quantitative estimate of drug-likeness (QED) is 0.780. The van der Waals surface area contributed by atoms with Gasteiger partial charge in [0.1, 0.15) is 12.4 Å². The summed E-state index contributed by atoms with van der Waals surface area (Å²) in [5, 5.41) is 7.74. The summed E-state index contributed by atoms with van der Waals surface area (Å²) in [5.41, 5.74) is 4.38. The largest absolute Gasteiger partial charge is 0.493 e. The van der Waals surface area contributed by atoms with Crippen molar-refractivity contribution in [3.05, 3.63) is 71.6 Å². The number of anilines is 1. The Bertz CT molecular complexity index is 960. The van der Waals surface area contributed by atoms with Gasteiger partial charge in [0.2, 0.25) is 5.95 Å². The summed E-state index contributed by atoms with van der Waals surface area (Å²) >= 11 is 0. The lowest BCUT2D eigenvalue weighted by molar-refractivity contribution is 0.354. The van der Waals surface area contributed by atoms with Gasteiger partial charge in [-0.25, -0.2) is 4.68 Å². The van der Waals surface area contributed by atoms with Crippen LogP contribution in [0.2, 0.25) is 0 Å². The van der Waals surface area contributed by atoms with E-state index >= 15 is 0 Å². The van der Waals surface area contributed by atoms with Gasteiger partial charge >= 0.3 is 0 Å². The summed E-state index contributed by atoms with van der Waals surface area (Å²) in [6.07, 6.45) is 3.70. The molecule has 0 fully saturated rings. The van der Waals surface area contributed by atoms with E-state index in [2.05, 4.69) is 52.7 Å². The van der Waals surface area contributed by atoms with E-state index in [-0.39, 0.29) is 6.04 Å². The maximum atomic E-state index is 5.46. The number of hydrogen-bond acceptors (Lipinski definition) is 5. The molecular weight excluding hydrogens is 328 g/mol. The van der Waals surface area contributed by atoms with Gasteiger partial charge in [-0.05, 0) is 36.3 Å². The Balaban J connectivity index is 1.80. The van der Waals surface area contributed by atoms with Crippen LogP contribution in [0.1, 0.15) is 22.7 Å². The van der Waals surface area contributed by atoms with E-state index in [0.29, 0.717) is 17.4 Å². The highest BCUT2D eigenvalue weighted by atomic mass is 16.5. The van der Waals surface area contributed by atoms with Gasteiger partial charge < -0.3 is 14.8 Å². The first kappa shape index (κ1) is 16.2. The minimum atomic E-state index is -0.0927. The molecule has 0 saturated carbocycles. The molecule has 132 valence electrons. The summed E-state index contributed by atoms with van der Waals surface area (Å²) in [6.45, 7) is 2.08. The third-order valence-electron chi connectivity index (χ3n) is 4.52. The number of ether oxygens (including phenoxy) is 2. The highest BCUT2D eigenvalue weighted by molar-refractivity contribution is 5.77. The Morgan fingerprint density at radius 1 is 1.00 bits per heavy atom. The lowest BCUT2D eigenvalue weighted by Gasteiger charge is -2.25. The van der Waals surface area contributed by atoms with Crippen LogP contribution in [-0.4, -0.2) is 29.0 Å². The molecule has 0 aliphatic carbocycles. The van der Waals surface area contributed by atoms with Crippen molar-refractivity contribution in [1.29, 1.82) is 0 Å². The summed E-state index contributed by atoms with van der Waals surface area (Å²) in [5.74, 6) is 2.10. The van der Waals surface area contributed by atoms with E-state index in [1.54, 1.807) is 20.5 Å². The van der Waals surface area contributed by atoms with Crippen molar-refractivity contribution in [1.82, 2.24) is 14.8 Å². The van der Waals surface area contributed by atoms with E-state index in [4.69, 9.17) is 9.47 Å². The Labute approximate surface area is 152 Å². The molecule has 0 spiro atoms. The minimum Gasteiger partial charge on any atom is -0.493 e. The van der Waals surface area contributed by atoms with Gasteiger partial charge in [0, 0.05) is 5.70 Å². The SMILES string of the molecule is COc1ccc(C2C=C(c3ccc(C)cc3)Nc3ncnn32)cc1OC. The molecular formula is C20H20N4O2. The summed E-state index contributed by atoms with van der Waals surface area (Å²) in [7, 11) is 3.27. The minimum absolute atomic E-state index is 0.0927. The number of nitrogens with zero attached hydrogens (tertiary/aromatic N) is 3. The summed E-state index contributed by atoms with van der Waals surface area (Å²) < 4.78 is 12.7. The topological polar surface area (TPSA) is 61.2 Å². The predicted molar refractivity (Wildman–Crippen MR) is 100 cm³/mol. The number of rotatable bonds is 4.